The molecule has 3 aromatic rings. The van der Waals surface area contributed by atoms with Crippen molar-refractivity contribution in [1.29, 1.82) is 0 Å². The molecule has 130 valence electrons. The zero-order valence-corrected chi connectivity index (χ0v) is 14.2. The van der Waals surface area contributed by atoms with Gasteiger partial charge in [-0.05, 0) is 12.5 Å². The monoisotopic (exact) mass is 338 g/mol. The molecule has 1 atom stereocenters. The summed E-state index contributed by atoms with van der Waals surface area (Å²) in [6.45, 7) is 5.27. The van der Waals surface area contributed by atoms with E-state index >= 15 is 0 Å². The van der Waals surface area contributed by atoms with Crippen LogP contribution in [0.1, 0.15) is 35.9 Å². The van der Waals surface area contributed by atoms with Crippen LogP contribution in [0.25, 0.3) is 0 Å². The Labute approximate surface area is 146 Å². The molecule has 25 heavy (non-hydrogen) atoms. The van der Waals surface area contributed by atoms with E-state index in [2.05, 4.69) is 38.6 Å². The average molecular weight is 338 g/mol. The van der Waals surface area contributed by atoms with Crippen molar-refractivity contribution in [2.75, 3.05) is 13.1 Å². The summed E-state index contributed by atoms with van der Waals surface area (Å²) in [7, 11) is 0. The van der Waals surface area contributed by atoms with E-state index in [-0.39, 0.29) is 0 Å². The predicted molar refractivity (Wildman–Crippen MR) is 92.7 cm³/mol. The lowest BCUT2D eigenvalue weighted by Crippen LogP contribution is -2.47. The largest absolute Gasteiger partial charge is 0.387 e. The molecule has 7 heteroatoms. The summed E-state index contributed by atoms with van der Waals surface area (Å²) in [5.74, 6) is 0. The van der Waals surface area contributed by atoms with Crippen LogP contribution in [-0.2, 0) is 13.1 Å². The fraction of sp³-hybridized carbons (Fsp3) is 0.389. The molecule has 4 rings (SSSR count). The van der Waals surface area contributed by atoms with Gasteiger partial charge in [0.05, 0.1) is 31.1 Å². The zero-order valence-electron chi connectivity index (χ0n) is 14.2. The van der Waals surface area contributed by atoms with Crippen molar-refractivity contribution in [3.8, 4) is 0 Å². The minimum absolute atomic E-state index is 0.333. The van der Waals surface area contributed by atoms with E-state index in [1.165, 1.54) is 11.1 Å². The third-order valence-corrected chi connectivity index (χ3v) is 4.55. The van der Waals surface area contributed by atoms with Crippen LogP contribution in [0.5, 0.6) is 0 Å². The maximum Gasteiger partial charge on any atom is 0.111 e. The average Bonchev–Trinajstić information content (AvgIpc) is 3.21. The van der Waals surface area contributed by atoms with Crippen LogP contribution in [0.4, 0.5) is 0 Å². The van der Waals surface area contributed by atoms with Crippen LogP contribution in [0, 0.1) is 0 Å². The molecule has 1 aliphatic rings. The van der Waals surface area contributed by atoms with Crippen molar-refractivity contribution in [3.05, 3.63) is 65.7 Å². The summed E-state index contributed by atoms with van der Waals surface area (Å²) >= 11 is 0. The highest BCUT2D eigenvalue weighted by atomic mass is 16.3. The number of aliphatic hydroxyl groups excluding tert-OH is 1. The molecule has 2 aromatic heterocycles. The van der Waals surface area contributed by atoms with E-state index < -0.39 is 6.10 Å². The second kappa shape index (κ2) is 6.78. The first-order chi connectivity index (χ1) is 12.2. The summed E-state index contributed by atoms with van der Waals surface area (Å²) in [6.07, 6.45) is 5.32. The molecular weight excluding hydrogens is 316 g/mol. The summed E-state index contributed by atoms with van der Waals surface area (Å²) in [5, 5.41) is 22.1. The number of likely N-dealkylation sites (tertiary alicyclic amines) is 1. The van der Waals surface area contributed by atoms with E-state index in [0.29, 0.717) is 11.7 Å². The van der Waals surface area contributed by atoms with E-state index in [9.17, 15) is 5.11 Å². The van der Waals surface area contributed by atoms with Gasteiger partial charge in [0.1, 0.15) is 5.69 Å². The van der Waals surface area contributed by atoms with Gasteiger partial charge in [-0.1, -0.05) is 35.5 Å². The lowest BCUT2D eigenvalue weighted by atomic mass is 10.1. The Kier molecular flexibility index (Phi) is 4.33. The number of hydrogen-bond donors (Lipinski definition) is 1. The van der Waals surface area contributed by atoms with Gasteiger partial charge in [0, 0.05) is 31.4 Å². The molecule has 1 aliphatic heterocycles. The first kappa shape index (κ1) is 16.0. The quantitative estimate of drug-likeness (QED) is 0.740. The molecule has 1 aromatic carbocycles. The van der Waals surface area contributed by atoms with E-state index in [0.717, 1.165) is 26.2 Å². The van der Waals surface area contributed by atoms with Gasteiger partial charge in [-0.15, -0.1) is 5.10 Å². The van der Waals surface area contributed by atoms with Crippen molar-refractivity contribution < 1.29 is 5.11 Å². The van der Waals surface area contributed by atoms with Gasteiger partial charge in [-0.25, -0.2) is 4.68 Å². The van der Waals surface area contributed by atoms with Crippen LogP contribution in [0.2, 0.25) is 0 Å². The van der Waals surface area contributed by atoms with E-state index in [1.807, 2.05) is 40.0 Å². The first-order valence-electron chi connectivity index (χ1n) is 8.55. The summed E-state index contributed by atoms with van der Waals surface area (Å²) in [5.41, 5.74) is 3.10. The lowest BCUT2D eigenvalue weighted by molar-refractivity contribution is 0.0895. The molecule has 0 amide bonds. The van der Waals surface area contributed by atoms with E-state index in [4.69, 9.17) is 0 Å². The molecule has 0 radical (unpaired) electrons. The van der Waals surface area contributed by atoms with Crippen molar-refractivity contribution in [2.24, 2.45) is 0 Å². The molecule has 1 unspecified atom stereocenters. The Morgan fingerprint density at radius 2 is 1.92 bits per heavy atom. The van der Waals surface area contributed by atoms with Gasteiger partial charge in [0.2, 0.25) is 0 Å². The maximum atomic E-state index is 9.53. The minimum Gasteiger partial charge on any atom is -0.387 e. The molecular formula is C18H22N6O. The van der Waals surface area contributed by atoms with Gasteiger partial charge in [0.15, 0.2) is 0 Å². The molecule has 0 saturated carbocycles. The van der Waals surface area contributed by atoms with Crippen molar-refractivity contribution in [1.82, 2.24) is 29.7 Å². The highest BCUT2D eigenvalue weighted by molar-refractivity contribution is 5.15. The third-order valence-electron chi connectivity index (χ3n) is 4.55. The first-order valence-corrected chi connectivity index (χ1v) is 8.55. The SMILES string of the molecule is CC(O)c1cn(C2CN(Cc3cnn(Cc4ccccc4)c3)C2)nn1. The maximum absolute atomic E-state index is 9.53. The number of aromatic nitrogens is 5. The van der Waals surface area contributed by atoms with Crippen molar-refractivity contribution in [2.45, 2.75) is 32.2 Å². The van der Waals surface area contributed by atoms with Gasteiger partial charge in [0.25, 0.3) is 0 Å². The van der Waals surface area contributed by atoms with Gasteiger partial charge < -0.3 is 5.11 Å². The molecule has 1 N–H and O–H groups in total. The molecule has 0 aliphatic carbocycles. The molecule has 1 saturated heterocycles. The van der Waals surface area contributed by atoms with Gasteiger partial charge in [-0.2, -0.15) is 5.10 Å². The lowest BCUT2D eigenvalue weighted by Gasteiger charge is -2.38. The summed E-state index contributed by atoms with van der Waals surface area (Å²) in [6, 6.07) is 10.7. The fourth-order valence-electron chi connectivity index (χ4n) is 3.10. The zero-order chi connectivity index (χ0) is 17.2. The Morgan fingerprint density at radius 1 is 1.12 bits per heavy atom. The van der Waals surface area contributed by atoms with Gasteiger partial charge >= 0.3 is 0 Å². The highest BCUT2D eigenvalue weighted by Crippen LogP contribution is 2.23. The number of hydrogen-bond acceptors (Lipinski definition) is 5. The number of benzene rings is 1. The normalized spacial score (nSPS) is 16.7. The van der Waals surface area contributed by atoms with Crippen molar-refractivity contribution in [3.63, 3.8) is 0 Å². The van der Waals surface area contributed by atoms with Crippen LogP contribution in [0.3, 0.4) is 0 Å². The molecule has 1 fully saturated rings. The van der Waals surface area contributed by atoms with E-state index in [1.54, 1.807) is 6.92 Å². The Balaban J connectivity index is 1.29. The van der Waals surface area contributed by atoms with Crippen LogP contribution in [0.15, 0.2) is 48.9 Å². The Bertz CT molecular complexity index is 819. The highest BCUT2D eigenvalue weighted by Gasteiger charge is 2.29. The predicted octanol–water partition coefficient (Wildman–Crippen LogP) is 1.63. The molecule has 0 bridgehead atoms. The molecule has 0 spiro atoms. The second-order valence-corrected chi connectivity index (χ2v) is 6.68. The fourth-order valence-corrected chi connectivity index (χ4v) is 3.10. The third kappa shape index (κ3) is 3.62. The van der Waals surface area contributed by atoms with Crippen molar-refractivity contribution >= 4 is 0 Å². The molecule has 3 heterocycles. The molecule has 7 nitrogen and oxygen atoms in total. The van der Waals surface area contributed by atoms with Crippen LogP contribution in [-0.4, -0.2) is 47.9 Å². The summed E-state index contributed by atoms with van der Waals surface area (Å²) < 4.78 is 3.84. The Hall–Kier alpha value is -2.51. The smallest absolute Gasteiger partial charge is 0.111 e. The minimum atomic E-state index is -0.569. The van der Waals surface area contributed by atoms with Crippen LogP contribution >= 0.6 is 0 Å². The number of aliphatic hydroxyl groups is 1. The standard InChI is InChI=1S/C18H22N6O/c1-14(25)18-13-24(21-20-18)17-11-22(12-17)8-16-7-19-23(10-16)9-15-5-3-2-4-6-15/h2-7,10,13-14,17,25H,8-9,11-12H2,1H3. The van der Waals surface area contributed by atoms with Crippen LogP contribution < -0.4 is 0 Å². The topological polar surface area (TPSA) is 72.0 Å². The second-order valence-electron chi connectivity index (χ2n) is 6.68. The number of nitrogens with zero attached hydrogens (tertiary/aromatic N) is 6. The number of rotatable bonds is 6. The van der Waals surface area contributed by atoms with Gasteiger partial charge in [-0.3, -0.25) is 9.58 Å². The summed E-state index contributed by atoms with van der Waals surface area (Å²) in [4.78, 5) is 2.36. The Morgan fingerprint density at radius 3 is 2.64 bits per heavy atom.